The van der Waals surface area contributed by atoms with Crippen molar-refractivity contribution in [1.82, 2.24) is 0 Å². The molecule has 2 aliphatic rings. The van der Waals surface area contributed by atoms with Gasteiger partial charge in [-0.05, 0) is 6.92 Å². The summed E-state index contributed by atoms with van der Waals surface area (Å²) in [5, 5.41) is 17.8. The number of nitrogens with zero attached hydrogens (tertiary/aromatic N) is 2. The summed E-state index contributed by atoms with van der Waals surface area (Å²) in [6.07, 6.45) is 0.380. The molecule has 0 radical (unpaired) electrons. The lowest BCUT2D eigenvalue weighted by atomic mass is 10.3. The van der Waals surface area contributed by atoms with Gasteiger partial charge >= 0.3 is 0 Å². The van der Waals surface area contributed by atoms with Crippen LogP contribution >= 0.6 is 47.0 Å². The van der Waals surface area contributed by atoms with Crippen molar-refractivity contribution in [2.24, 2.45) is 0 Å². The Morgan fingerprint density at radius 1 is 0.913 bits per heavy atom. The van der Waals surface area contributed by atoms with E-state index >= 15 is 0 Å². The SMILES string of the molecule is CC(C#N)=C1Sc2c(F)c3c(c(F)c2S1)SC(=C(C#N)C=O)S3. The molecule has 0 N–H and O–H groups in total. The summed E-state index contributed by atoms with van der Waals surface area (Å²) in [4.78, 5) is 11.3. The number of carbonyl (C=O) groups excluding carboxylic acids is 1. The van der Waals surface area contributed by atoms with E-state index in [1.165, 1.54) is 0 Å². The molecule has 0 saturated carbocycles. The maximum atomic E-state index is 14.7. The number of carbonyl (C=O) groups is 1. The van der Waals surface area contributed by atoms with Gasteiger partial charge in [0.05, 0.1) is 34.1 Å². The van der Waals surface area contributed by atoms with Gasteiger partial charge in [0.2, 0.25) is 0 Å². The maximum absolute atomic E-state index is 14.7. The number of benzene rings is 1. The molecule has 0 aromatic heterocycles. The van der Waals surface area contributed by atoms with E-state index in [2.05, 4.69) is 0 Å². The molecule has 23 heavy (non-hydrogen) atoms. The minimum atomic E-state index is -0.578. The molecule has 9 heteroatoms. The van der Waals surface area contributed by atoms with Gasteiger partial charge in [0.25, 0.3) is 0 Å². The predicted molar refractivity (Wildman–Crippen MR) is 86.8 cm³/mol. The molecular weight excluding hydrogens is 378 g/mol. The molecule has 0 fully saturated rings. The normalized spacial score (nSPS) is 14.8. The van der Waals surface area contributed by atoms with Crippen molar-refractivity contribution >= 4 is 53.3 Å². The number of hydrogen-bond donors (Lipinski definition) is 0. The number of hydrogen-bond acceptors (Lipinski definition) is 7. The quantitative estimate of drug-likeness (QED) is 0.382. The fraction of sp³-hybridized carbons (Fsp3) is 0.0714. The number of aldehydes is 1. The minimum absolute atomic E-state index is 0.0832. The Labute approximate surface area is 147 Å². The van der Waals surface area contributed by atoms with Gasteiger partial charge in [-0.25, -0.2) is 8.78 Å². The smallest absolute Gasteiger partial charge is 0.162 e. The first-order valence-corrected chi connectivity index (χ1v) is 9.25. The number of nitriles is 2. The molecule has 0 aliphatic carbocycles. The molecule has 114 valence electrons. The molecule has 2 heterocycles. The van der Waals surface area contributed by atoms with E-state index in [1.807, 2.05) is 6.07 Å². The van der Waals surface area contributed by atoms with Crippen LogP contribution < -0.4 is 0 Å². The highest BCUT2D eigenvalue weighted by Gasteiger charge is 2.36. The van der Waals surface area contributed by atoms with Crippen molar-refractivity contribution < 1.29 is 13.6 Å². The third-order valence-corrected chi connectivity index (χ3v) is 8.32. The summed E-state index contributed by atoms with van der Waals surface area (Å²) in [6.45, 7) is 1.60. The first-order chi connectivity index (χ1) is 11.0. The van der Waals surface area contributed by atoms with Crippen LogP contribution in [0.1, 0.15) is 6.92 Å². The van der Waals surface area contributed by atoms with E-state index in [9.17, 15) is 13.6 Å². The van der Waals surface area contributed by atoms with Crippen LogP contribution in [0.15, 0.2) is 39.2 Å². The summed E-state index contributed by atoms with van der Waals surface area (Å²) >= 11 is 3.83. The molecule has 0 amide bonds. The van der Waals surface area contributed by atoms with Crippen molar-refractivity contribution in [3.63, 3.8) is 0 Å². The highest BCUT2D eigenvalue weighted by Crippen LogP contribution is 2.62. The maximum Gasteiger partial charge on any atom is 0.162 e. The summed E-state index contributed by atoms with van der Waals surface area (Å²) in [5.74, 6) is -1.16. The van der Waals surface area contributed by atoms with Gasteiger partial charge in [-0.2, -0.15) is 10.5 Å². The Hall–Kier alpha value is -1.39. The Bertz CT molecular complexity index is 864. The van der Waals surface area contributed by atoms with Crippen molar-refractivity contribution in [2.45, 2.75) is 26.5 Å². The Balaban J connectivity index is 2.14. The second kappa shape index (κ2) is 6.25. The van der Waals surface area contributed by atoms with Gasteiger partial charge in [-0.1, -0.05) is 47.0 Å². The van der Waals surface area contributed by atoms with Crippen LogP contribution in [0.3, 0.4) is 0 Å². The lowest BCUT2D eigenvalue weighted by Gasteiger charge is -2.05. The third kappa shape index (κ3) is 2.58. The number of halogens is 2. The number of allylic oxidation sites excluding steroid dienone is 2. The monoisotopic (exact) mass is 382 g/mol. The van der Waals surface area contributed by atoms with Gasteiger partial charge in [0.1, 0.15) is 11.6 Å². The van der Waals surface area contributed by atoms with Gasteiger partial charge in [0.15, 0.2) is 17.9 Å². The van der Waals surface area contributed by atoms with E-state index < -0.39 is 11.6 Å². The average molecular weight is 382 g/mol. The fourth-order valence-electron chi connectivity index (χ4n) is 1.81. The molecule has 0 saturated heterocycles. The number of rotatable bonds is 1. The second-order valence-electron chi connectivity index (χ2n) is 4.31. The fourth-order valence-corrected chi connectivity index (χ4v) is 6.82. The van der Waals surface area contributed by atoms with Crippen LogP contribution in [-0.4, -0.2) is 6.29 Å². The molecule has 0 bridgehead atoms. The number of fused-ring (bicyclic) bond motifs is 2. The zero-order valence-electron chi connectivity index (χ0n) is 11.3. The van der Waals surface area contributed by atoms with Crippen LogP contribution in [0.4, 0.5) is 8.78 Å². The van der Waals surface area contributed by atoms with Crippen molar-refractivity contribution in [1.29, 1.82) is 10.5 Å². The zero-order chi connectivity index (χ0) is 16.7. The Morgan fingerprint density at radius 2 is 1.35 bits per heavy atom. The topological polar surface area (TPSA) is 64.7 Å². The molecular formula is C14H4F2N2OS4. The van der Waals surface area contributed by atoms with E-state index in [-0.39, 0.29) is 29.4 Å². The Morgan fingerprint density at radius 3 is 1.70 bits per heavy atom. The highest BCUT2D eigenvalue weighted by atomic mass is 32.2. The lowest BCUT2D eigenvalue weighted by Crippen LogP contribution is -1.91. The largest absolute Gasteiger partial charge is 0.297 e. The molecule has 0 atom stereocenters. The standard InChI is InChI=1S/C14H4F2N2OS4/c1-5(2-17)13-20-9-7(15)11-12(8(16)10(9)21-13)23-14(22-11)6(3-18)4-19/h4H,1H3. The van der Waals surface area contributed by atoms with Crippen LogP contribution in [0.25, 0.3) is 0 Å². The first kappa shape index (κ1) is 16.5. The summed E-state index contributed by atoms with van der Waals surface area (Å²) in [5.41, 5.74) is 0.264. The molecule has 1 aromatic rings. The van der Waals surface area contributed by atoms with E-state index in [1.54, 1.807) is 13.0 Å². The van der Waals surface area contributed by atoms with E-state index in [0.29, 0.717) is 16.1 Å². The van der Waals surface area contributed by atoms with Gasteiger partial charge in [-0.15, -0.1) is 0 Å². The van der Waals surface area contributed by atoms with Gasteiger partial charge in [0, 0.05) is 5.57 Å². The highest BCUT2D eigenvalue weighted by molar-refractivity contribution is 8.25. The van der Waals surface area contributed by atoms with Gasteiger partial charge in [-0.3, -0.25) is 4.79 Å². The van der Waals surface area contributed by atoms with Crippen LogP contribution in [0.2, 0.25) is 0 Å². The van der Waals surface area contributed by atoms with Gasteiger partial charge < -0.3 is 0 Å². The van der Waals surface area contributed by atoms with Crippen LogP contribution in [0.5, 0.6) is 0 Å². The first-order valence-electron chi connectivity index (χ1n) is 5.98. The van der Waals surface area contributed by atoms with Crippen LogP contribution in [-0.2, 0) is 4.79 Å². The number of thioether (sulfide) groups is 4. The molecule has 0 unspecified atom stereocenters. The van der Waals surface area contributed by atoms with E-state index in [4.69, 9.17) is 10.5 Å². The van der Waals surface area contributed by atoms with Crippen molar-refractivity contribution in [2.75, 3.05) is 0 Å². The Kier molecular flexibility index (Phi) is 4.47. The molecule has 3 rings (SSSR count). The minimum Gasteiger partial charge on any atom is -0.297 e. The third-order valence-electron chi connectivity index (χ3n) is 2.92. The lowest BCUT2D eigenvalue weighted by molar-refractivity contribution is -0.104. The zero-order valence-corrected chi connectivity index (χ0v) is 14.5. The van der Waals surface area contributed by atoms with Crippen molar-refractivity contribution in [3.8, 4) is 12.1 Å². The molecule has 2 aliphatic heterocycles. The summed E-state index contributed by atoms with van der Waals surface area (Å²) < 4.78 is 30.2. The predicted octanol–water partition coefficient (Wildman–Crippen LogP) is 5.05. The molecule has 1 aromatic carbocycles. The van der Waals surface area contributed by atoms with Crippen molar-refractivity contribution in [3.05, 3.63) is 31.3 Å². The molecule has 0 spiro atoms. The second-order valence-corrected chi connectivity index (χ2v) is 8.91. The van der Waals surface area contributed by atoms with E-state index in [0.717, 1.165) is 47.0 Å². The summed E-state index contributed by atoms with van der Waals surface area (Å²) in [6, 6.07) is 3.70. The molecule has 3 nitrogen and oxygen atoms in total. The summed E-state index contributed by atoms with van der Waals surface area (Å²) in [7, 11) is 0. The van der Waals surface area contributed by atoms with Crippen LogP contribution in [0, 0.1) is 34.3 Å². The average Bonchev–Trinajstić information content (AvgIpc) is 3.18.